The molecule has 28 heavy (non-hydrogen) atoms. The fourth-order valence-electron chi connectivity index (χ4n) is 3.99. The summed E-state index contributed by atoms with van der Waals surface area (Å²) >= 11 is 6.20. The van der Waals surface area contributed by atoms with Gasteiger partial charge in [-0.05, 0) is 57.4 Å². The zero-order valence-electron chi connectivity index (χ0n) is 16.5. The number of likely N-dealkylation sites (tertiary alicyclic amines) is 1. The van der Waals surface area contributed by atoms with Gasteiger partial charge in [-0.15, -0.1) is 0 Å². The van der Waals surface area contributed by atoms with Crippen LogP contribution in [0.25, 0.3) is 0 Å². The Morgan fingerprint density at radius 3 is 2.57 bits per heavy atom. The Morgan fingerprint density at radius 2 is 1.86 bits per heavy atom. The van der Waals surface area contributed by atoms with Crippen LogP contribution in [0.5, 0.6) is 0 Å². The van der Waals surface area contributed by atoms with Gasteiger partial charge in [0.05, 0.1) is 15.5 Å². The average molecular weight is 428 g/mol. The minimum Gasteiger partial charge on any atom is -0.351 e. The van der Waals surface area contributed by atoms with Crippen molar-refractivity contribution in [3.05, 3.63) is 28.8 Å². The Hall–Kier alpha value is -1.15. The van der Waals surface area contributed by atoms with Gasteiger partial charge in [-0.25, -0.2) is 8.42 Å². The van der Waals surface area contributed by atoms with Crippen molar-refractivity contribution >= 4 is 27.5 Å². The zero-order valence-corrected chi connectivity index (χ0v) is 18.1. The smallest absolute Gasteiger partial charge is 0.252 e. The highest BCUT2D eigenvalue weighted by molar-refractivity contribution is 7.89. The predicted octanol–water partition coefficient (Wildman–Crippen LogP) is 3.12. The van der Waals surface area contributed by atoms with Crippen LogP contribution in [0.4, 0.5) is 0 Å². The number of hydrogen-bond donors (Lipinski definition) is 1. The molecule has 0 saturated carbocycles. The molecule has 0 radical (unpaired) electrons. The molecule has 3 rings (SSSR count). The van der Waals surface area contributed by atoms with Crippen molar-refractivity contribution in [3.8, 4) is 0 Å². The summed E-state index contributed by atoms with van der Waals surface area (Å²) in [6.45, 7) is 5.63. The number of sulfonamides is 1. The van der Waals surface area contributed by atoms with Gasteiger partial charge in [0.25, 0.3) is 5.91 Å². The number of piperidine rings is 2. The molecule has 1 aromatic rings. The molecule has 2 aliphatic heterocycles. The maximum absolute atomic E-state index is 12.9. The van der Waals surface area contributed by atoms with Crippen LogP contribution in [0.15, 0.2) is 23.1 Å². The minimum absolute atomic E-state index is 0.133. The lowest BCUT2D eigenvalue weighted by Crippen LogP contribution is -2.42. The maximum Gasteiger partial charge on any atom is 0.252 e. The molecular weight excluding hydrogens is 398 g/mol. The normalized spacial score (nSPS) is 22.1. The van der Waals surface area contributed by atoms with Gasteiger partial charge in [0.1, 0.15) is 0 Å². The molecule has 2 heterocycles. The predicted molar refractivity (Wildman–Crippen MR) is 111 cm³/mol. The highest BCUT2D eigenvalue weighted by atomic mass is 35.5. The fourth-order valence-corrected chi connectivity index (χ4v) is 5.74. The first kappa shape index (κ1) is 21.6. The van der Waals surface area contributed by atoms with Crippen molar-refractivity contribution in [3.63, 3.8) is 0 Å². The van der Waals surface area contributed by atoms with Crippen molar-refractivity contribution in [1.29, 1.82) is 0 Å². The van der Waals surface area contributed by atoms with E-state index in [9.17, 15) is 13.2 Å². The van der Waals surface area contributed by atoms with Gasteiger partial charge < -0.3 is 5.32 Å². The van der Waals surface area contributed by atoms with E-state index in [-0.39, 0.29) is 21.4 Å². The SMILES string of the molecule is C[C@@H]1CCCCN1CCNC(=O)c1cc(S(=O)(=O)N2CCCCC2)ccc1Cl. The second-order valence-corrected chi connectivity index (χ2v) is 10.1. The number of nitrogens with one attached hydrogen (secondary N) is 1. The summed E-state index contributed by atoms with van der Waals surface area (Å²) in [6.07, 6.45) is 6.44. The fraction of sp³-hybridized carbons (Fsp3) is 0.650. The van der Waals surface area contributed by atoms with E-state index in [0.29, 0.717) is 25.7 Å². The van der Waals surface area contributed by atoms with Crippen LogP contribution in [-0.2, 0) is 10.0 Å². The molecule has 0 bridgehead atoms. The Labute approximate surface area is 173 Å². The molecular formula is C20H30ClN3O3S. The van der Waals surface area contributed by atoms with Gasteiger partial charge >= 0.3 is 0 Å². The first-order chi connectivity index (χ1) is 13.4. The summed E-state index contributed by atoms with van der Waals surface area (Å²) < 4.78 is 27.2. The quantitative estimate of drug-likeness (QED) is 0.757. The van der Waals surface area contributed by atoms with Crippen molar-refractivity contribution in [2.45, 2.75) is 56.4 Å². The van der Waals surface area contributed by atoms with Crippen molar-refractivity contribution in [1.82, 2.24) is 14.5 Å². The number of halogens is 1. The van der Waals surface area contributed by atoms with Crippen LogP contribution in [0, 0.1) is 0 Å². The summed E-state index contributed by atoms with van der Waals surface area (Å²) in [5.41, 5.74) is 0.214. The van der Waals surface area contributed by atoms with Gasteiger partial charge in [0.2, 0.25) is 10.0 Å². The van der Waals surface area contributed by atoms with Crippen LogP contribution in [0.1, 0.15) is 55.8 Å². The second-order valence-electron chi connectivity index (χ2n) is 7.74. The first-order valence-corrected chi connectivity index (χ1v) is 12.0. The molecule has 2 saturated heterocycles. The Morgan fingerprint density at radius 1 is 1.14 bits per heavy atom. The number of amides is 1. The monoisotopic (exact) mass is 427 g/mol. The highest BCUT2D eigenvalue weighted by Gasteiger charge is 2.27. The van der Waals surface area contributed by atoms with E-state index in [1.807, 2.05) is 0 Å². The van der Waals surface area contributed by atoms with Crippen LogP contribution < -0.4 is 5.32 Å². The maximum atomic E-state index is 12.9. The molecule has 156 valence electrons. The second kappa shape index (κ2) is 9.57. The van der Waals surface area contributed by atoms with E-state index in [0.717, 1.165) is 32.4 Å². The lowest BCUT2D eigenvalue weighted by molar-refractivity contribution is 0.0938. The molecule has 8 heteroatoms. The van der Waals surface area contributed by atoms with Crippen LogP contribution in [0.3, 0.4) is 0 Å². The molecule has 1 aromatic carbocycles. The Bertz CT molecular complexity index is 794. The van der Waals surface area contributed by atoms with Crippen LogP contribution in [0.2, 0.25) is 5.02 Å². The zero-order chi connectivity index (χ0) is 20.1. The molecule has 2 aliphatic rings. The average Bonchev–Trinajstić information content (AvgIpc) is 2.70. The summed E-state index contributed by atoms with van der Waals surface area (Å²) in [7, 11) is -3.59. The summed E-state index contributed by atoms with van der Waals surface area (Å²) in [4.78, 5) is 15.1. The molecule has 1 N–H and O–H groups in total. The number of rotatable bonds is 6. The van der Waals surface area contributed by atoms with Gasteiger partial charge in [-0.1, -0.05) is 24.4 Å². The molecule has 6 nitrogen and oxygen atoms in total. The standard InChI is InChI=1S/C20H30ClN3O3S/c1-16-7-3-6-11-23(16)14-10-22-20(25)18-15-17(8-9-19(18)21)28(26,27)24-12-4-2-5-13-24/h8-9,15-16H,2-7,10-14H2,1H3,(H,22,25)/t16-/m1/s1. The van der Waals surface area contributed by atoms with Gasteiger partial charge in [0, 0.05) is 32.2 Å². The first-order valence-electron chi connectivity index (χ1n) is 10.2. The summed E-state index contributed by atoms with van der Waals surface area (Å²) in [6, 6.07) is 4.93. The Balaban J connectivity index is 1.66. The summed E-state index contributed by atoms with van der Waals surface area (Å²) in [5.74, 6) is -0.328. The number of carbonyl (C=O) groups is 1. The number of carbonyl (C=O) groups excluding carboxylic acids is 1. The van der Waals surface area contributed by atoms with Gasteiger partial charge in [-0.3, -0.25) is 9.69 Å². The number of hydrogen-bond acceptors (Lipinski definition) is 4. The van der Waals surface area contributed by atoms with Crippen molar-refractivity contribution < 1.29 is 13.2 Å². The van der Waals surface area contributed by atoms with E-state index in [2.05, 4.69) is 17.1 Å². The van der Waals surface area contributed by atoms with Crippen LogP contribution >= 0.6 is 11.6 Å². The van der Waals surface area contributed by atoms with Crippen LogP contribution in [-0.4, -0.2) is 62.3 Å². The van der Waals surface area contributed by atoms with Gasteiger partial charge in [-0.2, -0.15) is 4.31 Å². The van der Waals surface area contributed by atoms with E-state index in [1.54, 1.807) is 0 Å². The molecule has 1 amide bonds. The Kier molecular flexibility index (Phi) is 7.36. The summed E-state index contributed by atoms with van der Waals surface area (Å²) in [5, 5.41) is 3.16. The van der Waals surface area contributed by atoms with E-state index >= 15 is 0 Å². The van der Waals surface area contributed by atoms with Gasteiger partial charge in [0.15, 0.2) is 0 Å². The molecule has 2 fully saturated rings. The molecule has 0 aliphatic carbocycles. The third-order valence-electron chi connectivity index (χ3n) is 5.76. The number of nitrogens with zero attached hydrogens (tertiary/aromatic N) is 2. The molecule has 1 atom stereocenters. The van der Waals surface area contributed by atoms with Crippen molar-refractivity contribution in [2.75, 3.05) is 32.7 Å². The molecule has 0 unspecified atom stereocenters. The lowest BCUT2D eigenvalue weighted by atomic mass is 10.0. The molecule has 0 spiro atoms. The van der Waals surface area contributed by atoms with E-state index in [4.69, 9.17) is 11.6 Å². The largest absolute Gasteiger partial charge is 0.351 e. The third-order valence-corrected chi connectivity index (χ3v) is 7.98. The van der Waals surface area contributed by atoms with E-state index in [1.165, 1.54) is 41.8 Å². The lowest BCUT2D eigenvalue weighted by Gasteiger charge is -2.33. The topological polar surface area (TPSA) is 69.7 Å². The minimum atomic E-state index is -3.59. The third kappa shape index (κ3) is 5.06. The van der Waals surface area contributed by atoms with Crippen molar-refractivity contribution in [2.24, 2.45) is 0 Å². The molecule has 0 aromatic heterocycles. The number of benzene rings is 1. The highest BCUT2D eigenvalue weighted by Crippen LogP contribution is 2.25. The van der Waals surface area contributed by atoms with E-state index < -0.39 is 10.0 Å².